The maximum absolute atomic E-state index is 11.2. The Morgan fingerprint density at radius 3 is 2.94 bits per heavy atom. The molecule has 94 valence electrons. The van der Waals surface area contributed by atoms with E-state index in [1.807, 2.05) is 0 Å². The average Bonchev–Trinajstić information content (AvgIpc) is 2.65. The molecule has 0 aliphatic rings. The lowest BCUT2D eigenvalue weighted by Gasteiger charge is -2.02. The third kappa shape index (κ3) is 3.83. The topological polar surface area (TPSA) is 110 Å². The first-order valence-electron chi connectivity index (χ1n) is 5.10. The van der Waals surface area contributed by atoms with Crippen molar-refractivity contribution in [3.8, 4) is 0 Å². The van der Waals surface area contributed by atoms with Crippen molar-refractivity contribution in [1.29, 1.82) is 0 Å². The Bertz CT molecular complexity index is 415. The van der Waals surface area contributed by atoms with Crippen LogP contribution >= 0.6 is 0 Å². The molecule has 0 aromatic carbocycles. The van der Waals surface area contributed by atoms with Gasteiger partial charge in [-0.25, -0.2) is 0 Å². The van der Waals surface area contributed by atoms with E-state index in [9.17, 15) is 14.9 Å². The van der Waals surface area contributed by atoms with Gasteiger partial charge in [-0.3, -0.25) is 19.6 Å². The minimum atomic E-state index is -0.509. The molecule has 0 radical (unpaired) electrons. The molecule has 0 aliphatic heterocycles. The van der Waals surface area contributed by atoms with Crippen molar-refractivity contribution >= 4 is 11.6 Å². The molecule has 8 heteroatoms. The molecule has 0 aliphatic carbocycles. The summed E-state index contributed by atoms with van der Waals surface area (Å²) < 4.78 is 1.37. The number of aliphatic hydroxyl groups excluding tert-OH is 1. The van der Waals surface area contributed by atoms with E-state index >= 15 is 0 Å². The second kappa shape index (κ2) is 5.94. The summed E-state index contributed by atoms with van der Waals surface area (Å²) >= 11 is 0. The van der Waals surface area contributed by atoms with E-state index in [0.29, 0.717) is 5.69 Å². The van der Waals surface area contributed by atoms with Crippen LogP contribution in [-0.4, -0.2) is 38.9 Å². The molecule has 0 bridgehead atoms. The van der Waals surface area contributed by atoms with Crippen LogP contribution < -0.4 is 5.32 Å². The van der Waals surface area contributed by atoms with Gasteiger partial charge in [-0.05, 0) is 6.92 Å². The van der Waals surface area contributed by atoms with Crippen molar-refractivity contribution in [1.82, 2.24) is 15.1 Å². The first-order valence-corrected chi connectivity index (χ1v) is 5.10. The number of aliphatic hydroxyl groups is 1. The largest absolute Gasteiger partial charge is 0.395 e. The maximum Gasteiger partial charge on any atom is 0.309 e. The number of hydrogen-bond acceptors (Lipinski definition) is 5. The van der Waals surface area contributed by atoms with Gasteiger partial charge in [0.2, 0.25) is 5.91 Å². The standard InChI is InChI=1S/C9H14N4O4/c1-7-8(13(16)17)6-12(11-7)4-2-9(15)10-3-5-14/h6,14H,2-5H2,1H3,(H,10,15). The smallest absolute Gasteiger partial charge is 0.309 e. The van der Waals surface area contributed by atoms with E-state index in [4.69, 9.17) is 5.11 Å². The first-order chi connectivity index (χ1) is 8.04. The molecule has 8 nitrogen and oxygen atoms in total. The number of hydrogen-bond donors (Lipinski definition) is 2. The number of carbonyl (C=O) groups is 1. The highest BCUT2D eigenvalue weighted by Crippen LogP contribution is 2.14. The summed E-state index contributed by atoms with van der Waals surface area (Å²) in [5, 5.41) is 25.5. The predicted molar refractivity (Wildman–Crippen MR) is 58.3 cm³/mol. The van der Waals surface area contributed by atoms with Gasteiger partial charge in [-0.15, -0.1) is 0 Å². The Morgan fingerprint density at radius 1 is 1.71 bits per heavy atom. The average molecular weight is 242 g/mol. The van der Waals surface area contributed by atoms with Gasteiger partial charge in [0, 0.05) is 19.5 Å². The van der Waals surface area contributed by atoms with E-state index in [1.165, 1.54) is 10.9 Å². The fraction of sp³-hybridized carbons (Fsp3) is 0.556. The number of aryl methyl sites for hydroxylation is 2. The van der Waals surface area contributed by atoms with Gasteiger partial charge in [0.1, 0.15) is 11.9 Å². The van der Waals surface area contributed by atoms with Gasteiger partial charge in [0.25, 0.3) is 0 Å². The second-order valence-corrected chi connectivity index (χ2v) is 3.44. The predicted octanol–water partition coefficient (Wildman–Crippen LogP) is -0.402. The lowest BCUT2D eigenvalue weighted by Crippen LogP contribution is -2.27. The number of nitrogens with zero attached hydrogens (tertiary/aromatic N) is 3. The Morgan fingerprint density at radius 2 is 2.41 bits per heavy atom. The van der Waals surface area contributed by atoms with Gasteiger partial charge < -0.3 is 10.4 Å². The molecule has 1 aromatic rings. The van der Waals surface area contributed by atoms with E-state index in [-0.39, 0.29) is 37.7 Å². The molecule has 0 atom stereocenters. The van der Waals surface area contributed by atoms with Crippen molar-refractivity contribution < 1.29 is 14.8 Å². The summed E-state index contributed by atoms with van der Waals surface area (Å²) in [4.78, 5) is 21.3. The SMILES string of the molecule is Cc1nn(CCC(=O)NCCO)cc1[N+](=O)[O-]. The van der Waals surface area contributed by atoms with Gasteiger partial charge in [-0.2, -0.15) is 5.10 Å². The molecule has 0 saturated carbocycles. The minimum absolute atomic E-state index is 0.0548. The van der Waals surface area contributed by atoms with Crippen molar-refractivity contribution in [2.75, 3.05) is 13.2 Å². The minimum Gasteiger partial charge on any atom is -0.395 e. The van der Waals surface area contributed by atoms with Crippen LogP contribution in [-0.2, 0) is 11.3 Å². The number of aromatic nitrogens is 2. The van der Waals surface area contributed by atoms with Crippen LogP contribution in [0.2, 0.25) is 0 Å². The molecule has 1 heterocycles. The molecule has 1 aromatic heterocycles. The van der Waals surface area contributed by atoms with Gasteiger partial charge in [0.05, 0.1) is 11.5 Å². The fourth-order valence-electron chi connectivity index (χ4n) is 1.30. The van der Waals surface area contributed by atoms with Crippen LogP contribution in [0.4, 0.5) is 5.69 Å². The van der Waals surface area contributed by atoms with Gasteiger partial charge >= 0.3 is 5.69 Å². The number of rotatable bonds is 6. The van der Waals surface area contributed by atoms with E-state index in [1.54, 1.807) is 6.92 Å². The summed E-state index contributed by atoms with van der Waals surface area (Å²) in [5.41, 5.74) is 0.270. The number of carbonyl (C=O) groups excluding carboxylic acids is 1. The molecular weight excluding hydrogens is 228 g/mol. The Balaban J connectivity index is 2.50. The number of nitro groups is 1. The van der Waals surface area contributed by atoms with Crippen molar-refractivity contribution in [2.24, 2.45) is 0 Å². The molecule has 1 amide bonds. The molecule has 0 spiro atoms. The Kier molecular flexibility index (Phi) is 4.58. The van der Waals surface area contributed by atoms with E-state index in [0.717, 1.165) is 0 Å². The monoisotopic (exact) mass is 242 g/mol. The normalized spacial score (nSPS) is 10.2. The third-order valence-corrected chi connectivity index (χ3v) is 2.12. The second-order valence-electron chi connectivity index (χ2n) is 3.44. The van der Waals surface area contributed by atoms with Crippen LogP contribution in [0.3, 0.4) is 0 Å². The molecular formula is C9H14N4O4. The lowest BCUT2D eigenvalue weighted by molar-refractivity contribution is -0.385. The zero-order chi connectivity index (χ0) is 12.8. The maximum atomic E-state index is 11.2. The van der Waals surface area contributed by atoms with Gasteiger partial charge in [-0.1, -0.05) is 0 Å². The summed E-state index contributed by atoms with van der Waals surface area (Å²) in [5.74, 6) is -0.227. The van der Waals surface area contributed by atoms with Gasteiger partial charge in [0.15, 0.2) is 0 Å². The Hall–Kier alpha value is -1.96. The molecule has 0 saturated heterocycles. The quantitative estimate of drug-likeness (QED) is 0.521. The van der Waals surface area contributed by atoms with Crippen LogP contribution in [0.25, 0.3) is 0 Å². The molecule has 0 fully saturated rings. The summed E-state index contributed by atoms with van der Waals surface area (Å²) in [6.07, 6.45) is 1.47. The first kappa shape index (κ1) is 13.1. The van der Waals surface area contributed by atoms with Crippen molar-refractivity contribution in [2.45, 2.75) is 19.9 Å². The van der Waals surface area contributed by atoms with E-state index < -0.39 is 4.92 Å². The highest BCUT2D eigenvalue weighted by Gasteiger charge is 2.15. The molecule has 2 N–H and O–H groups in total. The Labute approximate surface area is 97.4 Å². The van der Waals surface area contributed by atoms with Crippen molar-refractivity contribution in [3.63, 3.8) is 0 Å². The molecule has 1 rings (SSSR count). The third-order valence-electron chi connectivity index (χ3n) is 2.12. The van der Waals surface area contributed by atoms with Crippen LogP contribution in [0.5, 0.6) is 0 Å². The summed E-state index contributed by atoms with van der Waals surface area (Å²) in [6.45, 7) is 1.90. The van der Waals surface area contributed by atoms with E-state index in [2.05, 4.69) is 10.4 Å². The molecule has 0 unspecified atom stereocenters. The lowest BCUT2D eigenvalue weighted by atomic mass is 10.4. The number of nitrogens with one attached hydrogen (secondary N) is 1. The highest BCUT2D eigenvalue weighted by molar-refractivity contribution is 5.75. The van der Waals surface area contributed by atoms with Crippen LogP contribution in [0, 0.1) is 17.0 Å². The highest BCUT2D eigenvalue weighted by atomic mass is 16.6. The molecule has 17 heavy (non-hydrogen) atoms. The van der Waals surface area contributed by atoms with Crippen molar-refractivity contribution in [3.05, 3.63) is 22.0 Å². The zero-order valence-electron chi connectivity index (χ0n) is 9.42. The zero-order valence-corrected chi connectivity index (χ0v) is 9.42. The fourth-order valence-corrected chi connectivity index (χ4v) is 1.30. The summed E-state index contributed by atoms with van der Waals surface area (Å²) in [7, 11) is 0. The van der Waals surface area contributed by atoms with Crippen LogP contribution in [0.15, 0.2) is 6.20 Å². The van der Waals surface area contributed by atoms with Crippen LogP contribution in [0.1, 0.15) is 12.1 Å². The number of amides is 1. The summed E-state index contributed by atoms with van der Waals surface area (Å²) in [6, 6.07) is 0.